The molecule has 0 aromatic rings. The summed E-state index contributed by atoms with van der Waals surface area (Å²) < 4.78 is 89.5. The summed E-state index contributed by atoms with van der Waals surface area (Å²) in [5.74, 6) is -5.91. The van der Waals surface area contributed by atoms with Gasteiger partial charge in [-0.2, -0.15) is 25.3 Å². The number of hydrogen-bond acceptors (Lipinski definition) is 17. The first kappa shape index (κ1) is 59.8. The van der Waals surface area contributed by atoms with Gasteiger partial charge in [-0.15, -0.1) is 0 Å². The molecule has 0 fully saturated rings. The first-order chi connectivity index (χ1) is 27.0. The number of carbonyl (C=O) groups excluding carboxylic acids is 6. The van der Waals surface area contributed by atoms with E-state index in [0.717, 1.165) is 13.8 Å². The highest BCUT2D eigenvalue weighted by Crippen LogP contribution is 2.12. The third-order valence-corrected chi connectivity index (χ3v) is 9.88. The van der Waals surface area contributed by atoms with E-state index in [1.807, 2.05) is 0 Å². The van der Waals surface area contributed by atoms with Crippen LogP contribution >= 0.6 is 0 Å². The smallest absolute Gasteiger partial charge is 0.266 e. The second-order valence-corrected chi connectivity index (χ2v) is 17.9. The molecule has 0 aromatic heterocycles. The number of amides is 6. The fraction of sp³-hybridized carbons (Fsp3) is 0.636. The molecule has 0 bridgehead atoms. The van der Waals surface area contributed by atoms with E-state index < -0.39 is 102 Å². The molecular weight excluding hydrogens is 865 g/mol. The van der Waals surface area contributed by atoms with Crippen molar-refractivity contribution in [3.8, 4) is 0 Å². The maximum Gasteiger partial charge on any atom is 0.266 e. The SMILES string of the molecule is C=C(O)C(CCC(=O)N(C)CCS(=O)(=O)O)N(C)C.C=C(O)C(CCC(=O)N(CCS(=O)(=O)O)C(C)=O)NC(C)=O.C=C(O)C(N)CCC(=O)N(CCS(=O)(=O)O)C(C)=O. The zero-order valence-corrected chi connectivity index (χ0v) is 37.0. The molecule has 0 aromatic carbocycles. The van der Waals surface area contributed by atoms with Crippen molar-refractivity contribution in [2.75, 3.05) is 58.0 Å². The van der Waals surface area contributed by atoms with Gasteiger partial charge < -0.3 is 31.3 Å². The van der Waals surface area contributed by atoms with Gasteiger partial charge in [0.15, 0.2) is 0 Å². The Bertz CT molecular complexity index is 1850. The first-order valence-electron chi connectivity index (χ1n) is 17.6. The van der Waals surface area contributed by atoms with Gasteiger partial charge in [0.25, 0.3) is 30.4 Å². The molecule has 27 heteroatoms. The Balaban J connectivity index is -0.000000815. The highest BCUT2D eigenvalue weighted by Gasteiger charge is 2.24. The lowest BCUT2D eigenvalue weighted by molar-refractivity contribution is -0.145. The van der Waals surface area contributed by atoms with E-state index in [0.29, 0.717) is 16.2 Å². The normalized spacial score (nSPS) is 12.8. The Labute approximate surface area is 351 Å². The average molecular weight is 925 g/mol. The maximum absolute atomic E-state index is 11.9. The van der Waals surface area contributed by atoms with Crippen molar-refractivity contribution < 1.29 is 83.0 Å². The Hall–Kier alpha value is -4.51. The molecule has 0 radical (unpaired) electrons. The molecule has 3 atom stereocenters. The number of rotatable bonds is 23. The lowest BCUT2D eigenvalue weighted by atomic mass is 10.1. The number of aliphatic hydroxyl groups excluding tert-OH is 3. The van der Waals surface area contributed by atoms with Gasteiger partial charge in [0.1, 0.15) is 17.3 Å². The third-order valence-electron chi connectivity index (χ3n) is 7.78. The molecule has 0 saturated heterocycles. The van der Waals surface area contributed by atoms with E-state index in [1.54, 1.807) is 19.0 Å². The number of nitrogens with zero attached hydrogens (tertiary/aromatic N) is 4. The standard InChI is InChI=1S/C12H20N2O7S.C11H22N2O5S.C10H18N2O6S/c1-8(15)11(13-9(2)16)4-5-12(18)14(10(3)17)6-7-22(19,20)21;1-9(14)10(12(2)3)5-6-11(15)13(4)7-8-19(16,17)18;1-7(13)9(11)3-4-10(15)12(8(2)14)5-6-19(16,17)18/h11,15H,1,4-7H2,2-3H3,(H,13,16)(H,19,20,21);10,14H,1,5-8H2,2-4H3,(H,16,17,18);9,13H,1,3-6,11H2,2H3,(H,16,17,18). The summed E-state index contributed by atoms with van der Waals surface area (Å²) in [5, 5.41) is 30.0. The summed E-state index contributed by atoms with van der Waals surface area (Å²) in [6.07, 6.45) is 0.233. The predicted octanol–water partition coefficient (Wildman–Crippen LogP) is -0.851. The minimum Gasteiger partial charge on any atom is -0.511 e. The number of likely N-dealkylation sites (N-methyl/N-ethyl adjacent to an activating group) is 1. The van der Waals surface area contributed by atoms with Gasteiger partial charge >= 0.3 is 0 Å². The summed E-state index contributed by atoms with van der Waals surface area (Å²) in [6, 6.07) is -1.96. The van der Waals surface area contributed by atoms with Crippen molar-refractivity contribution in [2.45, 2.75) is 77.4 Å². The molecule has 0 heterocycles. The second kappa shape index (κ2) is 28.1. The minimum atomic E-state index is -4.30. The van der Waals surface area contributed by atoms with Gasteiger partial charge in [0.2, 0.25) is 35.4 Å². The van der Waals surface area contributed by atoms with Crippen molar-refractivity contribution in [1.29, 1.82) is 0 Å². The summed E-state index contributed by atoms with van der Waals surface area (Å²) >= 11 is 0. The number of nitrogens with two attached hydrogens (primary N) is 1. The van der Waals surface area contributed by atoms with Crippen LogP contribution in [0.2, 0.25) is 0 Å². The fourth-order valence-electron chi connectivity index (χ4n) is 4.43. The van der Waals surface area contributed by atoms with Crippen molar-refractivity contribution in [1.82, 2.24) is 24.9 Å². The minimum absolute atomic E-state index is 0.0105. The van der Waals surface area contributed by atoms with Crippen LogP contribution in [0.3, 0.4) is 0 Å². The highest BCUT2D eigenvalue weighted by atomic mass is 32.2. The Kier molecular flexibility index (Phi) is 28.0. The summed E-state index contributed by atoms with van der Waals surface area (Å²) in [4.78, 5) is 73.2. The quantitative estimate of drug-likeness (QED) is 0.0457. The van der Waals surface area contributed by atoms with Crippen molar-refractivity contribution in [3.63, 3.8) is 0 Å². The largest absolute Gasteiger partial charge is 0.511 e. The fourth-order valence-corrected chi connectivity index (χ4v) is 5.76. The van der Waals surface area contributed by atoms with E-state index in [9.17, 15) is 64.2 Å². The summed E-state index contributed by atoms with van der Waals surface area (Å²) in [7, 11) is -7.64. The lowest BCUT2D eigenvalue weighted by Crippen LogP contribution is -2.40. The van der Waals surface area contributed by atoms with Crippen LogP contribution in [0.15, 0.2) is 37.0 Å². The molecule has 24 nitrogen and oxygen atoms in total. The van der Waals surface area contributed by atoms with Crippen LogP contribution in [0.4, 0.5) is 0 Å². The zero-order valence-electron chi connectivity index (χ0n) is 34.5. The molecule has 3 unspecified atom stereocenters. The molecule has 0 aliphatic carbocycles. The number of aliphatic hydroxyl groups is 3. The van der Waals surface area contributed by atoms with Gasteiger partial charge in [-0.05, 0) is 33.4 Å². The summed E-state index contributed by atoms with van der Waals surface area (Å²) in [6.45, 7) is 12.4. The van der Waals surface area contributed by atoms with Crippen LogP contribution < -0.4 is 11.1 Å². The van der Waals surface area contributed by atoms with Crippen LogP contribution in [0.5, 0.6) is 0 Å². The molecule has 60 heavy (non-hydrogen) atoms. The third kappa shape index (κ3) is 31.4. The summed E-state index contributed by atoms with van der Waals surface area (Å²) in [5.41, 5.74) is 5.44. The number of imide groups is 2. The van der Waals surface area contributed by atoms with Crippen LogP contribution in [0.1, 0.15) is 59.3 Å². The monoisotopic (exact) mass is 924 g/mol. The topological polar surface area (TPSA) is 377 Å². The van der Waals surface area contributed by atoms with Gasteiger partial charge in [-0.25, -0.2) is 0 Å². The van der Waals surface area contributed by atoms with E-state index in [2.05, 4.69) is 25.1 Å². The van der Waals surface area contributed by atoms with Gasteiger partial charge in [0.05, 0.1) is 35.4 Å². The second-order valence-electron chi connectivity index (χ2n) is 13.2. The van der Waals surface area contributed by atoms with Crippen molar-refractivity contribution >= 4 is 65.8 Å². The predicted molar refractivity (Wildman–Crippen MR) is 218 cm³/mol. The molecule has 0 aliphatic heterocycles. The molecule has 0 aliphatic rings. The number of carbonyl (C=O) groups is 6. The molecule has 9 N–H and O–H groups in total. The lowest BCUT2D eigenvalue weighted by Gasteiger charge is -2.24. The molecule has 0 rings (SSSR count). The molecular formula is C33H60N6O18S3. The van der Waals surface area contributed by atoms with Crippen LogP contribution in [-0.2, 0) is 59.1 Å². The zero-order chi connectivity index (χ0) is 47.9. The van der Waals surface area contributed by atoms with Crippen LogP contribution in [0.25, 0.3) is 0 Å². The molecule has 0 spiro atoms. The van der Waals surface area contributed by atoms with Crippen molar-refractivity contribution in [2.24, 2.45) is 5.73 Å². The Morgan fingerprint density at radius 2 is 0.950 bits per heavy atom. The average Bonchev–Trinajstić information content (AvgIpc) is 3.06. The Morgan fingerprint density at radius 3 is 1.25 bits per heavy atom. The maximum atomic E-state index is 11.9. The van der Waals surface area contributed by atoms with E-state index in [1.165, 1.54) is 18.9 Å². The van der Waals surface area contributed by atoms with E-state index in [4.69, 9.17) is 24.5 Å². The number of hydrogen-bond donors (Lipinski definition) is 8. The van der Waals surface area contributed by atoms with Gasteiger partial charge in [0, 0.05) is 66.7 Å². The Morgan fingerprint density at radius 1 is 0.583 bits per heavy atom. The number of nitrogens with one attached hydrogen (secondary N) is 1. The molecule has 0 saturated carbocycles. The van der Waals surface area contributed by atoms with Crippen LogP contribution in [0, 0.1) is 0 Å². The molecule has 6 amide bonds. The molecule has 348 valence electrons. The van der Waals surface area contributed by atoms with E-state index in [-0.39, 0.29) is 67.9 Å². The van der Waals surface area contributed by atoms with E-state index >= 15 is 0 Å². The van der Waals surface area contributed by atoms with Crippen molar-refractivity contribution in [3.05, 3.63) is 37.0 Å². The van der Waals surface area contributed by atoms with Gasteiger partial charge in [-0.1, -0.05) is 19.7 Å². The highest BCUT2D eigenvalue weighted by molar-refractivity contribution is 7.86. The first-order valence-corrected chi connectivity index (χ1v) is 22.4. The van der Waals surface area contributed by atoms with Gasteiger partial charge in [-0.3, -0.25) is 57.1 Å². The van der Waals surface area contributed by atoms with Crippen LogP contribution in [-0.4, -0.2) is 185 Å².